The van der Waals surface area contributed by atoms with Gasteiger partial charge in [0.1, 0.15) is 23.7 Å². The first-order valence-electron chi connectivity index (χ1n) is 15.5. The number of benzene rings is 1. The number of aromatic nitrogens is 5. The van der Waals surface area contributed by atoms with Crippen molar-refractivity contribution in [3.63, 3.8) is 0 Å². The van der Waals surface area contributed by atoms with Gasteiger partial charge in [0.2, 0.25) is 0 Å². The van der Waals surface area contributed by atoms with E-state index in [2.05, 4.69) is 60.1 Å². The number of nitrogens with zero attached hydrogens (tertiary/aromatic N) is 7. The highest BCUT2D eigenvalue weighted by Crippen LogP contribution is 2.28. The minimum Gasteiger partial charge on any atom is -0.492 e. The number of carbonyl (C=O) groups is 1. The molecule has 1 N–H and O–H groups in total. The lowest BCUT2D eigenvalue weighted by atomic mass is 10.1. The molecule has 0 spiro atoms. The van der Waals surface area contributed by atoms with Crippen LogP contribution in [0.5, 0.6) is 5.75 Å². The van der Waals surface area contributed by atoms with Crippen LogP contribution >= 0.6 is 0 Å². The third-order valence-electron chi connectivity index (χ3n) is 8.43. The molecule has 10 nitrogen and oxygen atoms in total. The predicted molar refractivity (Wildman–Crippen MR) is 174 cm³/mol. The Kier molecular flexibility index (Phi) is 8.63. The number of piperazine rings is 1. The molecule has 1 fully saturated rings. The van der Waals surface area contributed by atoms with Crippen molar-refractivity contribution in [1.82, 2.24) is 33.9 Å². The highest BCUT2D eigenvalue weighted by Gasteiger charge is 2.21. The maximum absolute atomic E-state index is 13.5. The molecule has 1 saturated heterocycles. The lowest BCUT2D eigenvalue weighted by Gasteiger charge is -2.37. The second-order valence-corrected chi connectivity index (χ2v) is 12.3. The Morgan fingerprint density at radius 1 is 1.11 bits per heavy atom. The number of amides is 1. The van der Waals surface area contributed by atoms with E-state index >= 15 is 0 Å². The number of likely N-dealkylation sites (N-methyl/N-ethyl adjacent to an activating group) is 1. The first-order chi connectivity index (χ1) is 21.2. The van der Waals surface area contributed by atoms with Gasteiger partial charge >= 0.3 is 0 Å². The molecule has 230 valence electrons. The Morgan fingerprint density at radius 2 is 1.93 bits per heavy atom. The number of hydrogen-bond acceptors (Lipinski definition) is 7. The smallest absolute Gasteiger partial charge is 0.274 e. The van der Waals surface area contributed by atoms with Crippen LogP contribution in [0.1, 0.15) is 48.3 Å². The number of fused-ring (bicyclic) bond motifs is 2. The summed E-state index contributed by atoms with van der Waals surface area (Å²) in [6.07, 6.45) is 4.39. The van der Waals surface area contributed by atoms with Crippen LogP contribution < -0.4 is 10.1 Å². The quantitative estimate of drug-likeness (QED) is 0.246. The van der Waals surface area contributed by atoms with Gasteiger partial charge in [-0.1, -0.05) is 26.0 Å². The molecule has 0 saturated carbocycles. The SMILES string of the molecule is Cc1nn(Cc2cccc(CC(C)C)n2)c2cccc(NC(=O)c3cnc4cc(OCCN5CCN(C)[C@@H](C)C5)ccn34)c12. The van der Waals surface area contributed by atoms with Crippen LogP contribution in [0, 0.1) is 12.8 Å². The van der Waals surface area contributed by atoms with Gasteiger partial charge in [0.25, 0.3) is 5.91 Å². The van der Waals surface area contributed by atoms with Crippen molar-refractivity contribution < 1.29 is 9.53 Å². The van der Waals surface area contributed by atoms with Crippen molar-refractivity contribution in [2.45, 2.75) is 46.7 Å². The number of hydrogen-bond donors (Lipinski definition) is 1. The fourth-order valence-corrected chi connectivity index (χ4v) is 5.97. The Balaban J connectivity index is 1.14. The minimum atomic E-state index is -0.238. The van der Waals surface area contributed by atoms with E-state index in [-0.39, 0.29) is 5.91 Å². The van der Waals surface area contributed by atoms with Gasteiger partial charge in [-0.2, -0.15) is 5.10 Å². The average molecular weight is 595 g/mol. The summed E-state index contributed by atoms with van der Waals surface area (Å²) in [6, 6.07) is 16.4. The Bertz CT molecular complexity index is 1770. The fraction of sp³-hybridized carbons (Fsp3) is 0.412. The summed E-state index contributed by atoms with van der Waals surface area (Å²) in [5.41, 5.74) is 5.67. The molecule has 0 unspecified atom stereocenters. The summed E-state index contributed by atoms with van der Waals surface area (Å²) in [6.45, 7) is 13.9. The Labute approximate surface area is 258 Å². The highest BCUT2D eigenvalue weighted by molar-refractivity contribution is 6.08. The van der Waals surface area contributed by atoms with Crippen LogP contribution in [0.15, 0.2) is 60.9 Å². The van der Waals surface area contributed by atoms with Crippen molar-refractivity contribution >= 4 is 28.1 Å². The van der Waals surface area contributed by atoms with E-state index < -0.39 is 0 Å². The summed E-state index contributed by atoms with van der Waals surface area (Å²) >= 11 is 0. The number of anilines is 1. The molecule has 1 atom stereocenters. The second-order valence-electron chi connectivity index (χ2n) is 12.3. The third kappa shape index (κ3) is 6.46. The monoisotopic (exact) mass is 594 g/mol. The molecule has 6 rings (SSSR count). The molecule has 4 aromatic heterocycles. The van der Waals surface area contributed by atoms with Crippen LogP contribution in [0.25, 0.3) is 16.6 Å². The van der Waals surface area contributed by atoms with E-state index in [1.165, 1.54) is 0 Å². The highest BCUT2D eigenvalue weighted by atomic mass is 16.5. The van der Waals surface area contributed by atoms with Crippen molar-refractivity contribution in [2.24, 2.45) is 5.92 Å². The number of nitrogens with one attached hydrogen (secondary N) is 1. The second kappa shape index (κ2) is 12.8. The lowest BCUT2D eigenvalue weighted by molar-refractivity contribution is 0.0928. The Morgan fingerprint density at radius 3 is 2.75 bits per heavy atom. The van der Waals surface area contributed by atoms with Crippen LogP contribution in [0.2, 0.25) is 0 Å². The molecule has 10 heteroatoms. The van der Waals surface area contributed by atoms with Gasteiger partial charge in [-0.05, 0) is 63.6 Å². The zero-order valence-corrected chi connectivity index (χ0v) is 26.3. The maximum Gasteiger partial charge on any atom is 0.274 e. The van der Waals surface area contributed by atoms with Gasteiger partial charge in [-0.15, -0.1) is 0 Å². The molecular formula is C34H42N8O2. The number of imidazole rings is 1. The number of carbonyl (C=O) groups excluding carboxylic acids is 1. The average Bonchev–Trinajstić information content (AvgIpc) is 3.56. The topological polar surface area (TPSA) is 92.8 Å². The van der Waals surface area contributed by atoms with Crippen LogP contribution in [0.3, 0.4) is 0 Å². The molecule has 0 radical (unpaired) electrons. The van der Waals surface area contributed by atoms with Crippen molar-refractivity contribution in [3.8, 4) is 5.75 Å². The van der Waals surface area contributed by atoms with Crippen LogP contribution in [-0.2, 0) is 13.0 Å². The fourth-order valence-electron chi connectivity index (χ4n) is 5.97. The molecule has 1 aliphatic heterocycles. The third-order valence-corrected chi connectivity index (χ3v) is 8.43. The molecule has 44 heavy (non-hydrogen) atoms. The van der Waals surface area contributed by atoms with Gasteiger partial charge in [0.15, 0.2) is 0 Å². The molecule has 1 aromatic carbocycles. The normalized spacial score (nSPS) is 16.3. The van der Waals surface area contributed by atoms with Gasteiger partial charge in [0.05, 0.1) is 35.3 Å². The zero-order valence-electron chi connectivity index (χ0n) is 26.3. The number of ether oxygens (including phenoxy) is 1. The van der Waals surface area contributed by atoms with Gasteiger partial charge in [-0.3, -0.25) is 23.8 Å². The summed E-state index contributed by atoms with van der Waals surface area (Å²) in [5.74, 6) is 1.05. The van der Waals surface area contributed by atoms with E-state index in [0.29, 0.717) is 42.1 Å². The lowest BCUT2D eigenvalue weighted by Crippen LogP contribution is -2.50. The largest absolute Gasteiger partial charge is 0.492 e. The molecule has 0 aliphatic carbocycles. The first kappa shape index (κ1) is 29.8. The molecule has 0 bridgehead atoms. The maximum atomic E-state index is 13.5. The Hall–Kier alpha value is -4.28. The molecule has 1 amide bonds. The molecule has 5 heterocycles. The number of aryl methyl sites for hydroxylation is 1. The van der Waals surface area contributed by atoms with Gasteiger partial charge in [-0.25, -0.2) is 4.98 Å². The van der Waals surface area contributed by atoms with E-state index in [9.17, 15) is 4.79 Å². The van der Waals surface area contributed by atoms with E-state index in [4.69, 9.17) is 14.8 Å². The molecular weight excluding hydrogens is 552 g/mol. The number of pyridine rings is 2. The summed E-state index contributed by atoms with van der Waals surface area (Å²) in [5, 5.41) is 8.84. The predicted octanol–water partition coefficient (Wildman–Crippen LogP) is 4.90. The molecule has 5 aromatic rings. The van der Waals surface area contributed by atoms with Crippen molar-refractivity contribution in [3.05, 3.63) is 83.7 Å². The van der Waals surface area contributed by atoms with E-state index in [0.717, 1.165) is 66.3 Å². The molecule has 1 aliphatic rings. The van der Waals surface area contributed by atoms with Gasteiger partial charge < -0.3 is 15.0 Å². The van der Waals surface area contributed by atoms with Crippen LogP contribution in [-0.4, -0.2) is 85.7 Å². The zero-order chi connectivity index (χ0) is 30.8. The standard InChI is InChI=1S/C34H42N8O2/c1-23(2)18-26-8-6-9-27(36-26)22-42-30-11-7-10-29(33(30)25(4)38-42)37-34(43)31-20-35-32-19-28(12-13-41(31)32)44-17-16-40-15-14-39(5)24(3)21-40/h6-13,19-20,23-24H,14-18,21-22H2,1-5H3,(H,37,43)/t24-/m0/s1. The number of rotatable bonds is 10. The van der Waals surface area contributed by atoms with Gasteiger partial charge in [0, 0.05) is 55.6 Å². The van der Waals surface area contributed by atoms with E-state index in [1.54, 1.807) is 10.6 Å². The van der Waals surface area contributed by atoms with Crippen molar-refractivity contribution in [2.75, 3.05) is 45.2 Å². The van der Waals surface area contributed by atoms with Crippen LogP contribution in [0.4, 0.5) is 5.69 Å². The first-order valence-corrected chi connectivity index (χ1v) is 15.5. The summed E-state index contributed by atoms with van der Waals surface area (Å²) in [7, 11) is 2.18. The summed E-state index contributed by atoms with van der Waals surface area (Å²) in [4.78, 5) is 27.7. The minimum absolute atomic E-state index is 0.238. The van der Waals surface area contributed by atoms with Crippen molar-refractivity contribution in [1.29, 1.82) is 0 Å². The van der Waals surface area contributed by atoms with E-state index in [1.807, 2.05) is 54.2 Å². The summed E-state index contributed by atoms with van der Waals surface area (Å²) < 4.78 is 9.80.